The van der Waals surface area contributed by atoms with Gasteiger partial charge in [-0.2, -0.15) is 4.98 Å². The molecule has 0 spiro atoms. The fourth-order valence-electron chi connectivity index (χ4n) is 1.94. The lowest BCUT2D eigenvalue weighted by molar-refractivity contribution is 1.22. The number of nitrogens with one attached hydrogen (secondary N) is 1. The second-order valence-corrected chi connectivity index (χ2v) is 5.59. The van der Waals surface area contributed by atoms with Crippen LogP contribution in [0.5, 0.6) is 0 Å². The van der Waals surface area contributed by atoms with E-state index in [2.05, 4.69) is 35.2 Å². The van der Waals surface area contributed by atoms with E-state index in [0.717, 1.165) is 21.7 Å². The maximum Gasteiger partial charge on any atom is 0.225 e. The highest BCUT2D eigenvalue weighted by molar-refractivity contribution is 7.16. The quantitative estimate of drug-likeness (QED) is 0.695. The first-order valence-electron chi connectivity index (χ1n) is 5.89. The van der Waals surface area contributed by atoms with Crippen LogP contribution in [0.3, 0.4) is 0 Å². The second kappa shape index (κ2) is 4.79. The summed E-state index contributed by atoms with van der Waals surface area (Å²) in [5.74, 6) is 0.755. The number of rotatable bonds is 2. The number of nitrogens with zero attached hydrogens (tertiary/aromatic N) is 2. The molecule has 0 fully saturated rings. The number of anilines is 2. The summed E-state index contributed by atoms with van der Waals surface area (Å²) in [7, 11) is 0. The van der Waals surface area contributed by atoms with Crippen LogP contribution in [-0.4, -0.2) is 9.97 Å². The summed E-state index contributed by atoms with van der Waals surface area (Å²) in [5.41, 5.74) is 3.49. The highest BCUT2D eigenvalue weighted by atomic mass is 35.5. The zero-order chi connectivity index (χ0) is 13.4. The van der Waals surface area contributed by atoms with Crippen LogP contribution >= 0.6 is 22.9 Å². The van der Waals surface area contributed by atoms with Crippen LogP contribution in [0.25, 0.3) is 10.2 Å². The van der Waals surface area contributed by atoms with Gasteiger partial charge >= 0.3 is 0 Å². The molecule has 3 rings (SSSR count). The van der Waals surface area contributed by atoms with Gasteiger partial charge in [-0.1, -0.05) is 12.1 Å². The lowest BCUT2D eigenvalue weighted by Gasteiger charge is -2.11. The van der Waals surface area contributed by atoms with Crippen LogP contribution in [0.2, 0.25) is 5.28 Å². The molecule has 0 bridgehead atoms. The molecular formula is C14H12ClN3S. The standard InChI is InChI=1S/C14H12ClN3S/c1-8-4-3-5-11(9(8)2)16-12-10-6-7-19-13(10)18-14(15)17-12/h3-7H,1-2H3,(H,16,17,18). The average Bonchev–Trinajstić information content (AvgIpc) is 2.83. The van der Waals surface area contributed by atoms with Crippen LogP contribution in [-0.2, 0) is 0 Å². The molecule has 0 saturated carbocycles. The summed E-state index contributed by atoms with van der Waals surface area (Å²) < 4.78 is 0. The van der Waals surface area contributed by atoms with E-state index >= 15 is 0 Å². The third kappa shape index (κ3) is 2.29. The van der Waals surface area contributed by atoms with Crippen molar-refractivity contribution in [2.75, 3.05) is 5.32 Å². The van der Waals surface area contributed by atoms with E-state index in [4.69, 9.17) is 11.6 Å². The number of benzene rings is 1. The number of halogens is 1. The highest BCUT2D eigenvalue weighted by Crippen LogP contribution is 2.30. The SMILES string of the molecule is Cc1cccc(Nc2nc(Cl)nc3sccc23)c1C. The van der Waals surface area contributed by atoms with Gasteiger partial charge in [0.1, 0.15) is 10.6 Å². The van der Waals surface area contributed by atoms with Gasteiger partial charge in [-0.15, -0.1) is 11.3 Å². The lowest BCUT2D eigenvalue weighted by Crippen LogP contribution is -1.98. The Balaban J connectivity index is 2.10. The van der Waals surface area contributed by atoms with Crippen molar-refractivity contribution in [2.45, 2.75) is 13.8 Å². The molecule has 0 aliphatic rings. The molecule has 2 aromatic heterocycles. The van der Waals surface area contributed by atoms with Crippen molar-refractivity contribution in [1.29, 1.82) is 0 Å². The summed E-state index contributed by atoms with van der Waals surface area (Å²) in [6, 6.07) is 8.16. The highest BCUT2D eigenvalue weighted by Gasteiger charge is 2.09. The minimum absolute atomic E-state index is 0.266. The average molecular weight is 290 g/mol. The Kier molecular flexibility index (Phi) is 3.12. The molecule has 0 radical (unpaired) electrons. The summed E-state index contributed by atoms with van der Waals surface area (Å²) in [6.07, 6.45) is 0. The van der Waals surface area contributed by atoms with E-state index in [-0.39, 0.29) is 5.28 Å². The molecule has 0 aliphatic heterocycles. The Bertz CT molecular complexity index is 752. The van der Waals surface area contributed by atoms with Crippen LogP contribution < -0.4 is 5.32 Å². The van der Waals surface area contributed by atoms with Gasteiger partial charge in [-0.05, 0) is 54.1 Å². The Hall–Kier alpha value is -1.65. The first-order chi connectivity index (χ1) is 9.15. The molecule has 0 unspecified atom stereocenters. The maximum atomic E-state index is 5.96. The minimum atomic E-state index is 0.266. The van der Waals surface area contributed by atoms with Crippen LogP contribution in [0.4, 0.5) is 11.5 Å². The van der Waals surface area contributed by atoms with E-state index in [1.807, 2.05) is 23.6 Å². The molecule has 3 aromatic rings. The van der Waals surface area contributed by atoms with Gasteiger partial charge in [0.05, 0.1) is 5.39 Å². The maximum absolute atomic E-state index is 5.96. The summed E-state index contributed by atoms with van der Waals surface area (Å²) in [6.45, 7) is 4.18. The topological polar surface area (TPSA) is 37.8 Å². The number of hydrogen-bond donors (Lipinski definition) is 1. The van der Waals surface area contributed by atoms with Gasteiger partial charge in [0.2, 0.25) is 5.28 Å². The van der Waals surface area contributed by atoms with Gasteiger partial charge in [0.15, 0.2) is 0 Å². The Morgan fingerprint density at radius 3 is 2.84 bits per heavy atom. The van der Waals surface area contributed by atoms with Gasteiger partial charge in [-0.25, -0.2) is 4.98 Å². The van der Waals surface area contributed by atoms with E-state index in [1.165, 1.54) is 11.1 Å². The Morgan fingerprint density at radius 1 is 1.16 bits per heavy atom. The molecule has 1 aromatic carbocycles. The molecule has 0 atom stereocenters. The fourth-order valence-corrected chi connectivity index (χ4v) is 2.92. The summed E-state index contributed by atoms with van der Waals surface area (Å²) >= 11 is 7.52. The van der Waals surface area contributed by atoms with Gasteiger partial charge < -0.3 is 5.32 Å². The zero-order valence-electron chi connectivity index (χ0n) is 10.6. The molecular weight excluding hydrogens is 278 g/mol. The molecule has 5 heteroatoms. The summed E-state index contributed by atoms with van der Waals surface area (Å²) in [5, 5.41) is 6.61. The van der Waals surface area contributed by atoms with E-state index in [0.29, 0.717) is 0 Å². The largest absolute Gasteiger partial charge is 0.339 e. The van der Waals surface area contributed by atoms with Crippen molar-refractivity contribution in [1.82, 2.24) is 9.97 Å². The van der Waals surface area contributed by atoms with Crippen molar-refractivity contribution in [3.8, 4) is 0 Å². The van der Waals surface area contributed by atoms with Crippen molar-refractivity contribution >= 4 is 44.7 Å². The first kappa shape index (κ1) is 12.4. The predicted molar refractivity (Wildman–Crippen MR) is 81.6 cm³/mol. The summed E-state index contributed by atoms with van der Waals surface area (Å²) in [4.78, 5) is 9.40. The Morgan fingerprint density at radius 2 is 2.00 bits per heavy atom. The molecule has 0 aliphatic carbocycles. The molecule has 3 nitrogen and oxygen atoms in total. The van der Waals surface area contributed by atoms with Crippen molar-refractivity contribution in [2.24, 2.45) is 0 Å². The molecule has 0 saturated heterocycles. The van der Waals surface area contributed by atoms with E-state index < -0.39 is 0 Å². The molecule has 96 valence electrons. The molecule has 2 heterocycles. The van der Waals surface area contributed by atoms with Gasteiger partial charge in [-0.3, -0.25) is 0 Å². The number of aromatic nitrogens is 2. The van der Waals surface area contributed by atoms with Crippen molar-refractivity contribution < 1.29 is 0 Å². The smallest absolute Gasteiger partial charge is 0.225 e. The van der Waals surface area contributed by atoms with E-state index in [1.54, 1.807) is 11.3 Å². The lowest BCUT2D eigenvalue weighted by atomic mass is 10.1. The van der Waals surface area contributed by atoms with Crippen molar-refractivity contribution in [3.63, 3.8) is 0 Å². The van der Waals surface area contributed by atoms with Crippen LogP contribution in [0.1, 0.15) is 11.1 Å². The zero-order valence-corrected chi connectivity index (χ0v) is 12.1. The monoisotopic (exact) mass is 289 g/mol. The number of fused-ring (bicyclic) bond motifs is 1. The minimum Gasteiger partial charge on any atom is -0.339 e. The molecule has 1 N–H and O–H groups in total. The number of thiophene rings is 1. The third-order valence-corrected chi connectivity index (χ3v) is 4.13. The predicted octanol–water partition coefficient (Wildman–Crippen LogP) is 4.71. The Labute approximate surface area is 120 Å². The third-order valence-electron chi connectivity index (χ3n) is 3.16. The molecule has 19 heavy (non-hydrogen) atoms. The second-order valence-electron chi connectivity index (χ2n) is 4.35. The fraction of sp³-hybridized carbons (Fsp3) is 0.143. The number of hydrogen-bond acceptors (Lipinski definition) is 4. The number of aryl methyl sites for hydroxylation is 1. The van der Waals surface area contributed by atoms with Gasteiger partial charge in [0.25, 0.3) is 0 Å². The molecule has 0 amide bonds. The normalized spacial score (nSPS) is 10.9. The van der Waals surface area contributed by atoms with Crippen molar-refractivity contribution in [3.05, 3.63) is 46.1 Å². The van der Waals surface area contributed by atoms with Crippen LogP contribution in [0.15, 0.2) is 29.6 Å². The first-order valence-corrected chi connectivity index (χ1v) is 7.15. The van der Waals surface area contributed by atoms with E-state index in [9.17, 15) is 0 Å². The van der Waals surface area contributed by atoms with Crippen LogP contribution in [0, 0.1) is 13.8 Å². The van der Waals surface area contributed by atoms with Gasteiger partial charge in [0, 0.05) is 5.69 Å².